The van der Waals surface area contributed by atoms with E-state index in [2.05, 4.69) is 23.0 Å². The van der Waals surface area contributed by atoms with Crippen LogP contribution < -0.4 is 0 Å². The molecule has 1 atom stereocenters. The second kappa shape index (κ2) is 17.1. The molecule has 4 heteroatoms. The fourth-order valence-corrected chi connectivity index (χ4v) is 3.05. The Bertz CT molecular complexity index is 427. The smallest absolute Gasteiger partial charge is 0.380 e. The lowest BCUT2D eigenvalue weighted by Crippen LogP contribution is -2.05. The van der Waals surface area contributed by atoms with Gasteiger partial charge in [0.05, 0.1) is 12.4 Å². The van der Waals surface area contributed by atoms with Crippen LogP contribution in [0.2, 0.25) is 0 Å². The molecule has 0 saturated heterocycles. The van der Waals surface area contributed by atoms with E-state index in [0.29, 0.717) is 6.03 Å². The zero-order chi connectivity index (χ0) is 18.7. The van der Waals surface area contributed by atoms with Crippen molar-refractivity contribution in [3.63, 3.8) is 0 Å². The molecule has 4 nitrogen and oxygen atoms in total. The molecule has 1 heterocycles. The van der Waals surface area contributed by atoms with Gasteiger partial charge in [-0.1, -0.05) is 96.1 Å². The minimum absolute atomic E-state index is 0.207. The number of nitrogens with zero attached hydrogens (tertiary/aromatic N) is 2. The molecule has 1 aliphatic heterocycles. The Morgan fingerprint density at radius 3 is 1.88 bits per heavy atom. The van der Waals surface area contributed by atoms with Crippen molar-refractivity contribution in [3.05, 3.63) is 12.2 Å². The Kier molecular flexibility index (Phi) is 15.0. The van der Waals surface area contributed by atoms with Gasteiger partial charge in [0.2, 0.25) is 0 Å². The Morgan fingerprint density at radius 2 is 1.35 bits per heavy atom. The molecule has 0 radical (unpaired) electrons. The van der Waals surface area contributed by atoms with Crippen LogP contribution in [0.3, 0.4) is 0 Å². The predicted octanol–water partition coefficient (Wildman–Crippen LogP) is 6.20. The van der Waals surface area contributed by atoms with Crippen molar-refractivity contribution in [1.82, 2.24) is 0 Å². The third-order valence-corrected chi connectivity index (χ3v) is 4.65. The van der Waals surface area contributed by atoms with Crippen LogP contribution in [0.25, 0.3) is 0 Å². The first-order valence-electron chi connectivity index (χ1n) is 10.7. The maximum Gasteiger partial charge on any atom is 0.553 e. The molecule has 2 amide bonds. The van der Waals surface area contributed by atoms with Crippen molar-refractivity contribution >= 4 is 18.5 Å². The molecule has 0 aromatic rings. The number of allylic oxidation sites excluding steroid dienone is 1. The van der Waals surface area contributed by atoms with E-state index in [9.17, 15) is 5.11 Å². The van der Waals surface area contributed by atoms with E-state index in [-0.39, 0.29) is 6.61 Å². The second-order valence-electron chi connectivity index (χ2n) is 7.18. The highest BCUT2D eigenvalue weighted by atomic mass is 16.4. The molecule has 0 aromatic heterocycles. The Balaban J connectivity index is 1.80. The topological polar surface area (TPSA) is 56.2 Å². The lowest BCUT2D eigenvalue weighted by atomic mass is 10.0. The van der Waals surface area contributed by atoms with Gasteiger partial charge in [0.1, 0.15) is 0 Å². The highest BCUT2D eigenvalue weighted by Gasteiger charge is 2.12. The van der Waals surface area contributed by atoms with Gasteiger partial charge in [-0.15, -0.1) is 9.98 Å². The van der Waals surface area contributed by atoms with Gasteiger partial charge in [0, 0.05) is 0 Å². The first kappa shape index (κ1) is 22.8. The summed E-state index contributed by atoms with van der Waals surface area (Å²) in [7, 11) is 0. The van der Waals surface area contributed by atoms with Crippen molar-refractivity contribution in [3.8, 4) is 0 Å². The van der Waals surface area contributed by atoms with E-state index in [1.54, 1.807) is 12.4 Å². The fraction of sp³-hybridized carbons (Fsp3) is 0.773. The summed E-state index contributed by atoms with van der Waals surface area (Å²) in [6.07, 6.45) is 25.4. The van der Waals surface area contributed by atoms with E-state index < -0.39 is 6.10 Å². The first-order valence-corrected chi connectivity index (χ1v) is 10.7. The molecular weight excluding hydrogens is 324 g/mol. The molecule has 0 aliphatic carbocycles. The molecule has 1 unspecified atom stereocenters. The summed E-state index contributed by atoms with van der Waals surface area (Å²) in [4.78, 5) is 7.79. The number of rotatable bonds is 17. The van der Waals surface area contributed by atoms with E-state index >= 15 is 0 Å². The summed E-state index contributed by atoms with van der Waals surface area (Å²) in [5.74, 6) is 0. The summed E-state index contributed by atoms with van der Waals surface area (Å²) >= 11 is 0. The quantitative estimate of drug-likeness (QED) is 0.187. The Morgan fingerprint density at radius 1 is 0.846 bits per heavy atom. The molecule has 26 heavy (non-hydrogen) atoms. The van der Waals surface area contributed by atoms with Crippen molar-refractivity contribution in [2.45, 2.75) is 103 Å². The van der Waals surface area contributed by atoms with Gasteiger partial charge in [0.25, 0.3) is 6.61 Å². The van der Waals surface area contributed by atoms with Crippen LogP contribution in [0.5, 0.6) is 0 Å². The summed E-state index contributed by atoms with van der Waals surface area (Å²) in [5.41, 5.74) is 0. The number of aliphatic hydroxyl groups excluding tert-OH is 1. The maximum atomic E-state index is 9.78. The molecule has 0 spiro atoms. The Labute approximate surface area is 160 Å². The van der Waals surface area contributed by atoms with Gasteiger partial charge in [0.15, 0.2) is 6.10 Å². The monoisotopic (exact) mass is 363 g/mol. The van der Waals surface area contributed by atoms with Gasteiger partial charge in [-0.05, 0) is 12.8 Å². The van der Waals surface area contributed by atoms with E-state index in [1.165, 1.54) is 83.5 Å². The lowest BCUT2D eigenvalue weighted by molar-refractivity contribution is -0.162. The van der Waals surface area contributed by atoms with Gasteiger partial charge in [-0.25, -0.2) is 4.42 Å². The van der Waals surface area contributed by atoms with Crippen LogP contribution >= 0.6 is 0 Å². The van der Waals surface area contributed by atoms with Gasteiger partial charge in [-0.2, -0.15) is 0 Å². The number of hydrogen-bond acceptors (Lipinski definition) is 1. The Hall–Kier alpha value is -1.29. The minimum Gasteiger partial charge on any atom is -0.380 e. The first-order chi connectivity index (χ1) is 12.8. The van der Waals surface area contributed by atoms with Crippen LogP contribution in [0.4, 0.5) is 4.42 Å². The van der Waals surface area contributed by atoms with Gasteiger partial charge in [-0.3, -0.25) is 0 Å². The minimum atomic E-state index is -0.588. The van der Waals surface area contributed by atoms with Crippen molar-refractivity contribution < 1.29 is 9.53 Å². The van der Waals surface area contributed by atoms with Gasteiger partial charge >= 0.3 is 6.03 Å². The highest BCUT2D eigenvalue weighted by Crippen LogP contribution is 2.13. The number of unbranched alkanes of at least 4 members (excludes halogenated alkanes) is 13. The van der Waals surface area contributed by atoms with Crippen molar-refractivity contribution in [2.24, 2.45) is 9.98 Å². The average Bonchev–Trinajstić information content (AvgIpc) is 3.17. The zero-order valence-corrected chi connectivity index (χ0v) is 16.7. The third kappa shape index (κ3) is 13.9. The normalized spacial score (nSPS) is 14.6. The molecule has 0 saturated carbocycles. The lowest BCUT2D eigenvalue weighted by Gasteiger charge is -2.02. The summed E-state index contributed by atoms with van der Waals surface area (Å²) in [6, 6.07) is 0.328. The fourth-order valence-electron chi connectivity index (χ4n) is 3.05. The summed E-state index contributed by atoms with van der Waals surface area (Å²) in [5, 5.41) is 9.78. The van der Waals surface area contributed by atoms with Crippen LogP contribution in [0.1, 0.15) is 96.8 Å². The molecule has 148 valence electrons. The van der Waals surface area contributed by atoms with Crippen LogP contribution in [-0.4, -0.2) is 36.3 Å². The number of aliphatic imine (C=N–C) groups is 2. The highest BCUT2D eigenvalue weighted by molar-refractivity contribution is 6.25. The predicted molar refractivity (Wildman–Crippen MR) is 113 cm³/mol. The zero-order valence-electron chi connectivity index (χ0n) is 16.7. The molecule has 0 aromatic carbocycles. The van der Waals surface area contributed by atoms with Gasteiger partial charge < -0.3 is 5.11 Å². The van der Waals surface area contributed by atoms with E-state index in [1.807, 2.05) is 6.08 Å². The SMILES string of the molecule is CCCCCCCCCCCCCCCC=CC(O)C[O+]=C1N=CC=N1. The number of carbonyl (C=O) groups excluding carboxylic acids is 1. The molecule has 0 fully saturated rings. The number of aliphatic hydroxyl groups is 1. The number of amides is 2. The summed E-state index contributed by atoms with van der Waals surface area (Å²) in [6.45, 7) is 2.48. The van der Waals surface area contributed by atoms with E-state index in [4.69, 9.17) is 4.42 Å². The second-order valence-corrected chi connectivity index (χ2v) is 7.18. The molecule has 1 rings (SSSR count). The average molecular weight is 364 g/mol. The molecular formula is C22H39N2O2+. The summed E-state index contributed by atoms with van der Waals surface area (Å²) < 4.78 is 5.26. The third-order valence-electron chi connectivity index (χ3n) is 4.65. The molecule has 1 N–H and O–H groups in total. The standard InChI is InChI=1S/C22H39N2O2/c1-2-3-4-5-6-7-8-9-10-11-12-13-14-15-16-17-21(25)20-26-22-23-18-19-24-22/h16-19,21,25H,2-15,20H2,1H3/q+1. The van der Waals surface area contributed by atoms with Crippen molar-refractivity contribution in [2.75, 3.05) is 6.61 Å². The van der Waals surface area contributed by atoms with Crippen LogP contribution in [0.15, 0.2) is 22.1 Å². The van der Waals surface area contributed by atoms with Crippen LogP contribution in [-0.2, 0) is 0 Å². The van der Waals surface area contributed by atoms with Crippen LogP contribution in [0, 0.1) is 0 Å². The largest absolute Gasteiger partial charge is 0.553 e. The molecule has 1 aliphatic rings. The number of urea groups is 1. The number of hydrogen-bond donors (Lipinski definition) is 1. The van der Waals surface area contributed by atoms with Crippen molar-refractivity contribution in [1.29, 1.82) is 0 Å². The van der Waals surface area contributed by atoms with E-state index in [0.717, 1.165) is 6.42 Å². The molecule has 0 bridgehead atoms. The maximum absolute atomic E-state index is 9.78.